The van der Waals surface area contributed by atoms with Crippen LogP contribution in [-0.2, 0) is 9.53 Å². The molecule has 0 saturated carbocycles. The Labute approximate surface area is 75.3 Å². The first-order valence-corrected chi connectivity index (χ1v) is 4.48. The van der Waals surface area contributed by atoms with E-state index in [1.165, 1.54) is 6.47 Å². The summed E-state index contributed by atoms with van der Waals surface area (Å²) in [6, 6.07) is 0. The van der Waals surface area contributed by atoms with Crippen molar-refractivity contribution < 1.29 is 9.53 Å². The van der Waals surface area contributed by atoms with Gasteiger partial charge < -0.3 is 4.74 Å². The van der Waals surface area contributed by atoms with E-state index in [4.69, 9.17) is 4.74 Å². The van der Waals surface area contributed by atoms with Crippen LogP contribution in [-0.4, -0.2) is 12.6 Å². The molecule has 0 aromatic rings. The van der Waals surface area contributed by atoms with Crippen molar-refractivity contribution in [1.29, 1.82) is 0 Å². The molecule has 0 aliphatic carbocycles. The SMILES string of the molecule is CCC(C)(C)C(O[C]=O)C(C)C. The largest absolute Gasteiger partial charge is 0.453 e. The molecule has 12 heavy (non-hydrogen) atoms. The summed E-state index contributed by atoms with van der Waals surface area (Å²) in [5, 5.41) is 0. The van der Waals surface area contributed by atoms with Crippen LogP contribution < -0.4 is 0 Å². The van der Waals surface area contributed by atoms with E-state index in [9.17, 15) is 4.79 Å². The topological polar surface area (TPSA) is 26.3 Å². The predicted octanol–water partition coefficient (Wildman–Crippen LogP) is 2.53. The molecule has 2 heteroatoms. The molecular weight excluding hydrogens is 152 g/mol. The van der Waals surface area contributed by atoms with Crippen molar-refractivity contribution in [2.45, 2.75) is 47.1 Å². The fraction of sp³-hybridized carbons (Fsp3) is 0.900. The summed E-state index contributed by atoms with van der Waals surface area (Å²) in [6.07, 6.45) is 0.970. The van der Waals surface area contributed by atoms with Gasteiger partial charge in [-0.15, -0.1) is 0 Å². The highest BCUT2D eigenvalue weighted by atomic mass is 16.5. The lowest BCUT2D eigenvalue weighted by Gasteiger charge is -2.34. The third-order valence-corrected chi connectivity index (χ3v) is 2.46. The second kappa shape index (κ2) is 4.48. The molecule has 0 N–H and O–H groups in total. The Bertz CT molecular complexity index is 139. The summed E-state index contributed by atoms with van der Waals surface area (Å²) in [7, 11) is 0. The fourth-order valence-electron chi connectivity index (χ4n) is 1.45. The van der Waals surface area contributed by atoms with E-state index >= 15 is 0 Å². The summed E-state index contributed by atoms with van der Waals surface area (Å²) < 4.78 is 4.95. The predicted molar refractivity (Wildman–Crippen MR) is 49.5 cm³/mol. The lowest BCUT2D eigenvalue weighted by atomic mass is 9.78. The number of hydrogen-bond acceptors (Lipinski definition) is 2. The van der Waals surface area contributed by atoms with Crippen molar-refractivity contribution in [1.82, 2.24) is 0 Å². The summed E-state index contributed by atoms with van der Waals surface area (Å²) in [4.78, 5) is 10.1. The Balaban J connectivity index is 4.37. The van der Waals surface area contributed by atoms with Crippen LogP contribution in [0.15, 0.2) is 0 Å². The summed E-state index contributed by atoms with van der Waals surface area (Å²) in [5.41, 5.74) is 0.0472. The third kappa shape index (κ3) is 2.84. The van der Waals surface area contributed by atoms with Gasteiger partial charge in [-0.3, -0.25) is 0 Å². The second-order valence-electron chi connectivity index (χ2n) is 4.21. The van der Waals surface area contributed by atoms with Crippen molar-refractivity contribution in [3.05, 3.63) is 0 Å². The lowest BCUT2D eigenvalue weighted by molar-refractivity contribution is 0.0200. The van der Waals surface area contributed by atoms with Crippen LogP contribution in [0.25, 0.3) is 0 Å². The average molecular weight is 171 g/mol. The molecule has 0 aliphatic heterocycles. The van der Waals surface area contributed by atoms with Gasteiger partial charge in [-0.1, -0.05) is 34.6 Å². The van der Waals surface area contributed by atoms with Gasteiger partial charge >= 0.3 is 6.47 Å². The van der Waals surface area contributed by atoms with E-state index in [0.717, 1.165) is 6.42 Å². The minimum absolute atomic E-state index is 0.0278. The normalized spacial score (nSPS) is 14.5. The molecular formula is C10H19O2. The summed E-state index contributed by atoms with van der Waals surface area (Å²) in [6.45, 7) is 12.0. The molecule has 1 radical (unpaired) electrons. The van der Waals surface area contributed by atoms with Crippen LogP contribution in [0.3, 0.4) is 0 Å². The van der Waals surface area contributed by atoms with Crippen molar-refractivity contribution in [3.63, 3.8) is 0 Å². The molecule has 0 aromatic heterocycles. The highest BCUT2D eigenvalue weighted by Crippen LogP contribution is 2.31. The minimum atomic E-state index is -0.0278. The molecule has 0 fully saturated rings. The maximum atomic E-state index is 10.1. The zero-order valence-corrected chi connectivity index (χ0v) is 8.68. The molecule has 0 heterocycles. The highest BCUT2D eigenvalue weighted by molar-refractivity contribution is 5.38. The van der Waals surface area contributed by atoms with Gasteiger partial charge in [0.1, 0.15) is 6.10 Å². The highest BCUT2D eigenvalue weighted by Gasteiger charge is 2.31. The lowest BCUT2D eigenvalue weighted by Crippen LogP contribution is -2.35. The molecule has 0 spiro atoms. The number of hydrogen-bond donors (Lipinski definition) is 0. The van der Waals surface area contributed by atoms with Crippen LogP contribution in [0.4, 0.5) is 0 Å². The Kier molecular flexibility index (Phi) is 4.29. The van der Waals surface area contributed by atoms with Crippen LogP contribution in [0.2, 0.25) is 0 Å². The van der Waals surface area contributed by atoms with E-state index in [2.05, 4.69) is 34.6 Å². The summed E-state index contributed by atoms with van der Waals surface area (Å²) >= 11 is 0. The summed E-state index contributed by atoms with van der Waals surface area (Å²) in [5.74, 6) is 0.349. The van der Waals surface area contributed by atoms with E-state index in [0.29, 0.717) is 5.92 Å². The molecule has 0 amide bonds. The average Bonchev–Trinajstić information content (AvgIpc) is 1.99. The Morgan fingerprint density at radius 3 is 2.17 bits per heavy atom. The van der Waals surface area contributed by atoms with Crippen LogP contribution in [0.1, 0.15) is 41.0 Å². The van der Waals surface area contributed by atoms with E-state index < -0.39 is 0 Å². The van der Waals surface area contributed by atoms with Crippen molar-refractivity contribution in [2.75, 3.05) is 0 Å². The minimum Gasteiger partial charge on any atom is -0.453 e. The third-order valence-electron chi connectivity index (χ3n) is 2.46. The molecule has 71 valence electrons. The van der Waals surface area contributed by atoms with E-state index in [1.807, 2.05) is 0 Å². The monoisotopic (exact) mass is 171 g/mol. The Morgan fingerprint density at radius 2 is 1.92 bits per heavy atom. The van der Waals surface area contributed by atoms with Gasteiger partial charge in [0.2, 0.25) is 0 Å². The van der Waals surface area contributed by atoms with Crippen LogP contribution >= 0.6 is 0 Å². The number of carbonyl (C=O) groups excluding carboxylic acids is 1. The first-order valence-electron chi connectivity index (χ1n) is 4.48. The molecule has 0 saturated heterocycles. The van der Waals surface area contributed by atoms with Crippen molar-refractivity contribution in [2.24, 2.45) is 11.3 Å². The molecule has 0 rings (SSSR count). The molecule has 2 nitrogen and oxygen atoms in total. The first-order chi connectivity index (χ1) is 5.45. The maximum Gasteiger partial charge on any atom is 0.417 e. The zero-order chi connectivity index (χ0) is 9.78. The Morgan fingerprint density at radius 1 is 1.42 bits per heavy atom. The van der Waals surface area contributed by atoms with Crippen LogP contribution in [0.5, 0.6) is 0 Å². The van der Waals surface area contributed by atoms with E-state index in [1.54, 1.807) is 0 Å². The standard InChI is InChI=1S/C10H19O2/c1-6-10(4,5)9(8(2)3)12-7-11/h8-9H,6H2,1-5H3. The van der Waals surface area contributed by atoms with Crippen molar-refractivity contribution >= 4 is 6.47 Å². The van der Waals surface area contributed by atoms with Gasteiger partial charge in [-0.25, -0.2) is 4.79 Å². The molecule has 0 aromatic carbocycles. The number of ether oxygens (including phenoxy) is 1. The van der Waals surface area contributed by atoms with Crippen molar-refractivity contribution in [3.8, 4) is 0 Å². The molecule has 1 unspecified atom stereocenters. The van der Waals surface area contributed by atoms with Gasteiger partial charge in [0.05, 0.1) is 0 Å². The molecule has 1 atom stereocenters. The quantitative estimate of drug-likeness (QED) is 0.635. The maximum absolute atomic E-state index is 10.1. The van der Waals surface area contributed by atoms with Crippen LogP contribution in [0, 0.1) is 11.3 Å². The second-order valence-corrected chi connectivity index (χ2v) is 4.21. The van der Waals surface area contributed by atoms with E-state index in [-0.39, 0.29) is 11.5 Å². The molecule has 0 aliphatic rings. The Hall–Kier alpha value is -0.530. The first kappa shape index (κ1) is 11.5. The van der Waals surface area contributed by atoms with Gasteiger partial charge in [0.25, 0.3) is 0 Å². The van der Waals surface area contributed by atoms with Gasteiger partial charge in [0, 0.05) is 5.41 Å². The van der Waals surface area contributed by atoms with Gasteiger partial charge in [0.15, 0.2) is 0 Å². The number of rotatable bonds is 5. The smallest absolute Gasteiger partial charge is 0.417 e. The van der Waals surface area contributed by atoms with Gasteiger partial charge in [-0.2, -0.15) is 0 Å². The zero-order valence-electron chi connectivity index (χ0n) is 8.68. The van der Waals surface area contributed by atoms with Gasteiger partial charge in [-0.05, 0) is 12.3 Å². The molecule has 0 bridgehead atoms. The fourth-order valence-corrected chi connectivity index (χ4v) is 1.45.